The van der Waals surface area contributed by atoms with E-state index in [1.807, 2.05) is 62.6 Å². The maximum Gasteiger partial charge on any atom is 0.230 e. The third kappa shape index (κ3) is 4.60. The van der Waals surface area contributed by atoms with Gasteiger partial charge in [-0.05, 0) is 56.3 Å². The van der Waals surface area contributed by atoms with Crippen molar-refractivity contribution in [2.24, 2.45) is 0 Å². The summed E-state index contributed by atoms with van der Waals surface area (Å²) in [6.07, 6.45) is 1.36. The molecular weight excluding hydrogens is 440 g/mol. The van der Waals surface area contributed by atoms with Crippen LogP contribution in [0.2, 0.25) is 5.02 Å². The molecule has 28 heavy (non-hydrogen) atoms. The zero-order valence-corrected chi connectivity index (χ0v) is 18.6. The van der Waals surface area contributed by atoms with Crippen LogP contribution in [0.3, 0.4) is 0 Å². The van der Waals surface area contributed by atoms with Crippen LogP contribution in [-0.2, 0) is 14.9 Å². The van der Waals surface area contributed by atoms with Gasteiger partial charge in [-0.15, -0.1) is 0 Å². The highest BCUT2D eigenvalue weighted by Crippen LogP contribution is 2.36. The number of likely N-dealkylation sites (N-methyl/N-ethyl adjacent to an activating group) is 1. The molecule has 0 spiro atoms. The van der Waals surface area contributed by atoms with Crippen molar-refractivity contribution in [1.29, 1.82) is 0 Å². The summed E-state index contributed by atoms with van der Waals surface area (Å²) in [5.41, 5.74) is 1.49. The lowest BCUT2D eigenvalue weighted by Gasteiger charge is -2.37. The van der Waals surface area contributed by atoms with Gasteiger partial charge in [-0.3, -0.25) is 4.79 Å². The first-order chi connectivity index (χ1) is 13.4. The SMILES string of the molecule is CN(C)C(CNC(=O)C1(c2ccc(Br)cc2)CCOCC1)c1ccccc1Cl. The van der Waals surface area contributed by atoms with E-state index in [4.69, 9.17) is 16.3 Å². The molecule has 1 unspecified atom stereocenters. The Morgan fingerprint density at radius 3 is 2.43 bits per heavy atom. The van der Waals surface area contributed by atoms with Crippen molar-refractivity contribution in [2.75, 3.05) is 33.9 Å². The average Bonchev–Trinajstić information content (AvgIpc) is 2.70. The number of carbonyl (C=O) groups excluding carboxylic acids is 1. The van der Waals surface area contributed by atoms with Gasteiger partial charge in [-0.2, -0.15) is 0 Å². The van der Waals surface area contributed by atoms with Crippen LogP contribution in [0, 0.1) is 0 Å². The fourth-order valence-corrected chi connectivity index (χ4v) is 4.34. The molecule has 0 saturated carbocycles. The maximum absolute atomic E-state index is 13.4. The second-order valence-electron chi connectivity index (χ2n) is 7.41. The van der Waals surface area contributed by atoms with E-state index in [2.05, 4.69) is 26.1 Å². The van der Waals surface area contributed by atoms with Gasteiger partial charge in [0.25, 0.3) is 0 Å². The third-order valence-corrected chi connectivity index (χ3v) is 6.39. The molecule has 0 aromatic heterocycles. The number of nitrogens with zero attached hydrogens (tertiary/aromatic N) is 1. The molecule has 0 bridgehead atoms. The molecule has 0 aliphatic carbocycles. The Morgan fingerprint density at radius 1 is 1.18 bits per heavy atom. The number of hydrogen-bond acceptors (Lipinski definition) is 3. The first kappa shape index (κ1) is 21.3. The number of benzene rings is 2. The second-order valence-corrected chi connectivity index (χ2v) is 8.74. The van der Waals surface area contributed by atoms with Crippen LogP contribution in [0.15, 0.2) is 53.0 Å². The molecule has 2 aromatic rings. The number of halogens is 2. The normalized spacial score (nSPS) is 17.3. The first-order valence-electron chi connectivity index (χ1n) is 9.47. The van der Waals surface area contributed by atoms with Crippen molar-refractivity contribution in [1.82, 2.24) is 10.2 Å². The highest BCUT2D eigenvalue weighted by Gasteiger charge is 2.41. The lowest BCUT2D eigenvalue weighted by Crippen LogP contribution is -2.49. The molecule has 1 saturated heterocycles. The molecule has 4 nitrogen and oxygen atoms in total. The molecule has 6 heteroatoms. The van der Waals surface area contributed by atoms with Crippen LogP contribution >= 0.6 is 27.5 Å². The van der Waals surface area contributed by atoms with Gasteiger partial charge in [0.1, 0.15) is 0 Å². The van der Waals surface area contributed by atoms with Crippen LogP contribution in [-0.4, -0.2) is 44.7 Å². The van der Waals surface area contributed by atoms with Crippen molar-refractivity contribution in [3.63, 3.8) is 0 Å². The number of ether oxygens (including phenoxy) is 1. The predicted octanol–water partition coefficient (Wildman–Crippen LogP) is 4.57. The van der Waals surface area contributed by atoms with Gasteiger partial charge in [-0.1, -0.05) is 57.9 Å². The summed E-state index contributed by atoms with van der Waals surface area (Å²) in [6.45, 7) is 1.67. The molecule has 1 amide bonds. The van der Waals surface area contributed by atoms with E-state index in [0.29, 0.717) is 37.6 Å². The largest absolute Gasteiger partial charge is 0.381 e. The number of amides is 1. The zero-order valence-electron chi connectivity index (χ0n) is 16.3. The first-order valence-corrected chi connectivity index (χ1v) is 10.6. The fourth-order valence-electron chi connectivity index (χ4n) is 3.81. The van der Waals surface area contributed by atoms with E-state index in [1.54, 1.807) is 0 Å². The highest BCUT2D eigenvalue weighted by atomic mass is 79.9. The molecule has 1 atom stereocenters. The molecule has 1 fully saturated rings. The molecular formula is C22H26BrClN2O2. The summed E-state index contributed by atoms with van der Waals surface area (Å²) in [7, 11) is 4.00. The van der Waals surface area contributed by atoms with Crippen LogP contribution < -0.4 is 5.32 Å². The fraction of sp³-hybridized carbons (Fsp3) is 0.409. The van der Waals surface area contributed by atoms with Crippen LogP contribution in [0.1, 0.15) is 30.0 Å². The molecule has 1 heterocycles. The molecule has 2 aromatic carbocycles. The van der Waals surface area contributed by atoms with Crippen molar-refractivity contribution in [2.45, 2.75) is 24.3 Å². The Hall–Kier alpha value is -1.40. The zero-order chi connectivity index (χ0) is 20.1. The summed E-state index contributed by atoms with van der Waals surface area (Å²) in [6, 6.07) is 15.8. The Bertz CT molecular complexity index is 804. The summed E-state index contributed by atoms with van der Waals surface area (Å²) in [5, 5.41) is 3.92. The minimum absolute atomic E-state index is 0.000502. The van der Waals surface area contributed by atoms with E-state index < -0.39 is 5.41 Å². The van der Waals surface area contributed by atoms with Crippen molar-refractivity contribution in [3.8, 4) is 0 Å². The van der Waals surface area contributed by atoms with E-state index >= 15 is 0 Å². The maximum atomic E-state index is 13.4. The lowest BCUT2D eigenvalue weighted by atomic mass is 9.73. The van der Waals surface area contributed by atoms with Gasteiger partial charge in [-0.25, -0.2) is 0 Å². The quantitative estimate of drug-likeness (QED) is 0.679. The molecule has 3 rings (SSSR count). The van der Waals surface area contributed by atoms with Gasteiger partial charge in [0, 0.05) is 29.3 Å². The number of carbonyl (C=O) groups is 1. The molecule has 150 valence electrons. The Labute approximate surface area is 180 Å². The van der Waals surface area contributed by atoms with E-state index in [0.717, 1.165) is 15.6 Å². The minimum atomic E-state index is -0.559. The third-order valence-electron chi connectivity index (χ3n) is 5.52. The molecule has 0 radical (unpaired) electrons. The van der Waals surface area contributed by atoms with Crippen LogP contribution in [0.25, 0.3) is 0 Å². The van der Waals surface area contributed by atoms with Crippen molar-refractivity contribution in [3.05, 3.63) is 69.2 Å². The van der Waals surface area contributed by atoms with Gasteiger partial charge in [0.05, 0.1) is 11.5 Å². The van der Waals surface area contributed by atoms with Crippen molar-refractivity contribution >= 4 is 33.4 Å². The standard InChI is InChI=1S/C22H26BrClN2O2/c1-26(2)20(18-5-3-4-6-19(18)24)15-25-21(27)22(11-13-28-14-12-22)16-7-9-17(23)10-8-16/h3-10,20H,11-15H2,1-2H3,(H,25,27). The van der Waals surface area contributed by atoms with Gasteiger partial charge < -0.3 is 15.0 Å². The predicted molar refractivity (Wildman–Crippen MR) is 117 cm³/mol. The summed E-state index contributed by atoms with van der Waals surface area (Å²) in [5.74, 6) is 0.0528. The molecule has 1 aliphatic heterocycles. The lowest BCUT2D eigenvalue weighted by molar-refractivity contribution is -0.130. The number of nitrogens with one attached hydrogen (secondary N) is 1. The van der Waals surface area contributed by atoms with E-state index in [9.17, 15) is 4.79 Å². The Balaban J connectivity index is 1.82. The van der Waals surface area contributed by atoms with Crippen LogP contribution in [0.5, 0.6) is 0 Å². The van der Waals surface area contributed by atoms with Crippen LogP contribution in [0.4, 0.5) is 0 Å². The molecule has 1 N–H and O–H groups in total. The second kappa shape index (κ2) is 9.40. The number of rotatable bonds is 6. The highest BCUT2D eigenvalue weighted by molar-refractivity contribution is 9.10. The Kier molecular flexibility index (Phi) is 7.15. The van der Waals surface area contributed by atoms with Gasteiger partial charge >= 0.3 is 0 Å². The molecule has 1 aliphatic rings. The summed E-state index contributed by atoms with van der Waals surface area (Å²) < 4.78 is 6.56. The average molecular weight is 466 g/mol. The summed E-state index contributed by atoms with van der Waals surface area (Å²) in [4.78, 5) is 15.5. The van der Waals surface area contributed by atoms with Gasteiger partial charge in [0.2, 0.25) is 5.91 Å². The van der Waals surface area contributed by atoms with Crippen molar-refractivity contribution < 1.29 is 9.53 Å². The monoisotopic (exact) mass is 464 g/mol. The van der Waals surface area contributed by atoms with E-state index in [-0.39, 0.29) is 11.9 Å². The van der Waals surface area contributed by atoms with Gasteiger partial charge in [0.15, 0.2) is 0 Å². The summed E-state index contributed by atoms with van der Waals surface area (Å²) >= 11 is 9.88. The minimum Gasteiger partial charge on any atom is -0.381 e. The topological polar surface area (TPSA) is 41.6 Å². The van der Waals surface area contributed by atoms with E-state index in [1.165, 1.54) is 0 Å². The Morgan fingerprint density at radius 2 is 1.82 bits per heavy atom. The number of hydrogen-bond donors (Lipinski definition) is 1. The smallest absolute Gasteiger partial charge is 0.230 e.